The van der Waals surface area contributed by atoms with Gasteiger partial charge >= 0.3 is 5.97 Å². The van der Waals surface area contributed by atoms with E-state index in [1.165, 1.54) is 18.9 Å². The molecule has 1 spiro atoms. The molecular formula is C14H15NO3. The van der Waals surface area contributed by atoms with Gasteiger partial charge in [-0.25, -0.2) is 4.79 Å². The fourth-order valence-electron chi connectivity index (χ4n) is 2.59. The van der Waals surface area contributed by atoms with Gasteiger partial charge in [-0.05, 0) is 49.3 Å². The molecule has 0 aromatic heterocycles. The van der Waals surface area contributed by atoms with Crippen LogP contribution in [0.1, 0.15) is 35.2 Å². The van der Waals surface area contributed by atoms with E-state index in [1.54, 1.807) is 19.1 Å². The maximum atomic E-state index is 11.9. The van der Waals surface area contributed by atoms with Gasteiger partial charge in [0.1, 0.15) is 0 Å². The van der Waals surface area contributed by atoms with Crippen LogP contribution < -0.4 is 5.32 Å². The first kappa shape index (κ1) is 11.3. The van der Waals surface area contributed by atoms with Gasteiger partial charge < -0.3 is 10.4 Å². The van der Waals surface area contributed by atoms with Gasteiger partial charge in [0.25, 0.3) is 0 Å². The number of hydrogen-bond donors (Lipinski definition) is 2. The molecule has 94 valence electrons. The van der Waals surface area contributed by atoms with Crippen molar-refractivity contribution in [2.24, 2.45) is 11.3 Å². The lowest BCUT2D eigenvalue weighted by molar-refractivity contribution is -0.117. The van der Waals surface area contributed by atoms with Crippen LogP contribution in [0.25, 0.3) is 0 Å². The predicted octanol–water partition coefficient (Wildman–Crippen LogP) is 2.43. The van der Waals surface area contributed by atoms with Gasteiger partial charge in [0.05, 0.1) is 5.56 Å². The second-order valence-electron chi connectivity index (χ2n) is 5.44. The average molecular weight is 245 g/mol. The standard InChI is InChI=1S/C14H15NO3/c1-8-2-3-9(6-10(8)13(17)18)15-12(16)11-7-14(11)4-5-14/h2-3,6,11H,4-5,7H2,1H3,(H,15,16)(H,17,18). The lowest BCUT2D eigenvalue weighted by atomic mass is 10.1. The molecule has 3 rings (SSSR count). The smallest absolute Gasteiger partial charge is 0.336 e. The summed E-state index contributed by atoms with van der Waals surface area (Å²) < 4.78 is 0. The summed E-state index contributed by atoms with van der Waals surface area (Å²) in [6.07, 6.45) is 3.33. The van der Waals surface area contributed by atoms with Crippen LogP contribution in [0.4, 0.5) is 5.69 Å². The Morgan fingerprint density at radius 1 is 1.39 bits per heavy atom. The van der Waals surface area contributed by atoms with E-state index in [0.717, 1.165) is 6.42 Å². The Bertz CT molecular complexity index is 546. The summed E-state index contributed by atoms with van der Waals surface area (Å²) in [7, 11) is 0. The molecule has 18 heavy (non-hydrogen) atoms. The number of aromatic carboxylic acids is 1. The zero-order valence-corrected chi connectivity index (χ0v) is 10.2. The van der Waals surface area contributed by atoms with Crippen LogP contribution in [-0.4, -0.2) is 17.0 Å². The van der Waals surface area contributed by atoms with Gasteiger partial charge in [-0.1, -0.05) is 6.07 Å². The summed E-state index contributed by atoms with van der Waals surface area (Å²) in [5.41, 5.74) is 1.84. The van der Waals surface area contributed by atoms with Gasteiger partial charge in [0.15, 0.2) is 0 Å². The molecule has 0 saturated heterocycles. The van der Waals surface area contributed by atoms with Crippen LogP contribution >= 0.6 is 0 Å². The highest BCUT2D eigenvalue weighted by Gasteiger charge is 2.65. The van der Waals surface area contributed by atoms with Crippen molar-refractivity contribution in [3.8, 4) is 0 Å². The number of benzene rings is 1. The zero-order chi connectivity index (χ0) is 12.9. The summed E-state index contributed by atoms with van der Waals surface area (Å²) in [6, 6.07) is 5.00. The van der Waals surface area contributed by atoms with E-state index in [0.29, 0.717) is 16.7 Å². The third-order valence-corrected chi connectivity index (χ3v) is 4.13. The summed E-state index contributed by atoms with van der Waals surface area (Å²) in [4.78, 5) is 22.9. The molecule has 2 N–H and O–H groups in total. The lowest BCUT2D eigenvalue weighted by Gasteiger charge is -2.07. The molecule has 0 radical (unpaired) electrons. The molecular weight excluding hydrogens is 230 g/mol. The maximum Gasteiger partial charge on any atom is 0.336 e. The van der Waals surface area contributed by atoms with Crippen molar-refractivity contribution < 1.29 is 14.7 Å². The number of aryl methyl sites for hydroxylation is 1. The molecule has 1 aromatic carbocycles. The van der Waals surface area contributed by atoms with Gasteiger partial charge in [0, 0.05) is 11.6 Å². The third-order valence-electron chi connectivity index (χ3n) is 4.13. The van der Waals surface area contributed by atoms with E-state index < -0.39 is 5.97 Å². The fourth-order valence-corrected chi connectivity index (χ4v) is 2.59. The van der Waals surface area contributed by atoms with Gasteiger partial charge in [-0.3, -0.25) is 4.79 Å². The molecule has 4 heteroatoms. The van der Waals surface area contributed by atoms with Crippen molar-refractivity contribution in [1.29, 1.82) is 0 Å². The zero-order valence-electron chi connectivity index (χ0n) is 10.2. The number of carbonyl (C=O) groups excluding carboxylic acids is 1. The topological polar surface area (TPSA) is 66.4 Å². The molecule has 1 atom stereocenters. The minimum absolute atomic E-state index is 0.0349. The van der Waals surface area contributed by atoms with Crippen molar-refractivity contribution in [1.82, 2.24) is 0 Å². The van der Waals surface area contributed by atoms with E-state index in [9.17, 15) is 9.59 Å². The molecule has 1 amide bonds. The number of nitrogens with one attached hydrogen (secondary N) is 1. The second-order valence-corrected chi connectivity index (χ2v) is 5.44. The van der Waals surface area contributed by atoms with Gasteiger partial charge in [0.2, 0.25) is 5.91 Å². The SMILES string of the molecule is Cc1ccc(NC(=O)C2CC23CC3)cc1C(=O)O. The molecule has 2 saturated carbocycles. The monoisotopic (exact) mass is 245 g/mol. The molecule has 2 fully saturated rings. The maximum absolute atomic E-state index is 11.9. The molecule has 1 aromatic rings. The van der Waals surface area contributed by atoms with E-state index in [2.05, 4.69) is 5.32 Å². The Hall–Kier alpha value is -1.84. The highest BCUT2D eigenvalue weighted by molar-refractivity contribution is 5.97. The average Bonchev–Trinajstić information content (AvgIpc) is 3.22. The number of amides is 1. The van der Waals surface area contributed by atoms with Crippen LogP contribution in [0.2, 0.25) is 0 Å². The van der Waals surface area contributed by atoms with Crippen LogP contribution in [0.5, 0.6) is 0 Å². The van der Waals surface area contributed by atoms with E-state index in [1.807, 2.05) is 0 Å². The van der Waals surface area contributed by atoms with E-state index in [4.69, 9.17) is 5.11 Å². The van der Waals surface area contributed by atoms with Crippen molar-refractivity contribution in [3.63, 3.8) is 0 Å². The number of anilines is 1. The number of carbonyl (C=O) groups is 2. The Morgan fingerprint density at radius 2 is 2.11 bits per heavy atom. The first-order chi connectivity index (χ1) is 8.52. The quantitative estimate of drug-likeness (QED) is 0.859. The summed E-state index contributed by atoms with van der Waals surface area (Å²) in [5.74, 6) is -0.784. The Kier molecular flexibility index (Phi) is 2.24. The predicted molar refractivity (Wildman–Crippen MR) is 66.5 cm³/mol. The summed E-state index contributed by atoms with van der Waals surface area (Å²) in [6.45, 7) is 1.75. The number of carboxylic acids is 1. The fraction of sp³-hybridized carbons (Fsp3) is 0.429. The lowest BCUT2D eigenvalue weighted by Crippen LogP contribution is -2.15. The van der Waals surface area contributed by atoms with Crippen LogP contribution in [0.15, 0.2) is 18.2 Å². The molecule has 0 heterocycles. The molecule has 0 aliphatic heterocycles. The number of rotatable bonds is 3. The van der Waals surface area contributed by atoms with E-state index >= 15 is 0 Å². The van der Waals surface area contributed by atoms with Crippen molar-refractivity contribution in [2.75, 3.05) is 5.32 Å². The minimum atomic E-state index is -0.964. The molecule has 0 bridgehead atoms. The van der Waals surface area contributed by atoms with Gasteiger partial charge in [-0.2, -0.15) is 0 Å². The highest BCUT2D eigenvalue weighted by atomic mass is 16.4. The summed E-state index contributed by atoms with van der Waals surface area (Å²) in [5, 5.41) is 11.8. The normalized spacial score (nSPS) is 22.6. The van der Waals surface area contributed by atoms with Crippen molar-refractivity contribution in [2.45, 2.75) is 26.2 Å². The minimum Gasteiger partial charge on any atom is -0.478 e. The summed E-state index contributed by atoms with van der Waals surface area (Å²) >= 11 is 0. The highest BCUT2D eigenvalue weighted by Crippen LogP contribution is 2.70. The number of hydrogen-bond acceptors (Lipinski definition) is 2. The largest absolute Gasteiger partial charge is 0.478 e. The Morgan fingerprint density at radius 3 is 2.67 bits per heavy atom. The van der Waals surface area contributed by atoms with Gasteiger partial charge in [-0.15, -0.1) is 0 Å². The first-order valence-electron chi connectivity index (χ1n) is 6.17. The van der Waals surface area contributed by atoms with Crippen molar-refractivity contribution >= 4 is 17.6 Å². The van der Waals surface area contributed by atoms with Crippen LogP contribution in [0, 0.1) is 18.3 Å². The molecule has 2 aliphatic rings. The van der Waals surface area contributed by atoms with E-state index in [-0.39, 0.29) is 17.4 Å². The van der Waals surface area contributed by atoms with Crippen LogP contribution in [-0.2, 0) is 4.79 Å². The first-order valence-corrected chi connectivity index (χ1v) is 6.17. The Balaban J connectivity index is 1.74. The van der Waals surface area contributed by atoms with Crippen molar-refractivity contribution in [3.05, 3.63) is 29.3 Å². The third kappa shape index (κ3) is 1.78. The molecule has 2 aliphatic carbocycles. The molecule has 1 unspecified atom stereocenters. The second kappa shape index (κ2) is 3.57. The Labute approximate surface area is 105 Å². The molecule has 4 nitrogen and oxygen atoms in total. The number of carboxylic acid groups (broad SMARTS) is 1. The van der Waals surface area contributed by atoms with Crippen LogP contribution in [0.3, 0.4) is 0 Å².